The van der Waals surface area contributed by atoms with Gasteiger partial charge in [0.15, 0.2) is 0 Å². The van der Waals surface area contributed by atoms with Gasteiger partial charge < -0.3 is 19.4 Å². The number of benzene rings is 1. The van der Waals surface area contributed by atoms with Crippen molar-refractivity contribution in [2.75, 3.05) is 7.11 Å². The standard InChI is InChI=1S/C18H20N2O4/c1-23-14-5-2-4-13(10-14)11-19-18(22)16-7-8-17(21)20(16)12-15-6-3-9-24-15/h2-6,9-10,16H,7-8,11-12H2,1H3,(H,19,22)/t16-/m1/s1. The number of furan rings is 1. The zero-order valence-electron chi connectivity index (χ0n) is 13.5. The van der Waals surface area contributed by atoms with Gasteiger partial charge in [0.2, 0.25) is 11.8 Å². The van der Waals surface area contributed by atoms with E-state index in [2.05, 4.69) is 5.32 Å². The van der Waals surface area contributed by atoms with Crippen molar-refractivity contribution in [1.82, 2.24) is 10.2 Å². The van der Waals surface area contributed by atoms with Gasteiger partial charge in [-0.2, -0.15) is 0 Å². The van der Waals surface area contributed by atoms with Crippen molar-refractivity contribution in [3.8, 4) is 5.75 Å². The fraction of sp³-hybridized carbons (Fsp3) is 0.333. The maximum atomic E-state index is 12.5. The minimum atomic E-state index is -0.451. The summed E-state index contributed by atoms with van der Waals surface area (Å²) in [6, 6.07) is 10.6. The molecule has 1 N–H and O–H groups in total. The molecule has 2 heterocycles. The van der Waals surface area contributed by atoms with Gasteiger partial charge in [0.05, 0.1) is 19.9 Å². The van der Waals surface area contributed by atoms with Crippen molar-refractivity contribution in [2.45, 2.75) is 32.0 Å². The van der Waals surface area contributed by atoms with Crippen LogP contribution in [0.2, 0.25) is 0 Å². The molecule has 0 spiro atoms. The highest BCUT2D eigenvalue weighted by molar-refractivity contribution is 5.90. The highest BCUT2D eigenvalue weighted by atomic mass is 16.5. The molecule has 1 aromatic heterocycles. The predicted molar refractivity (Wildman–Crippen MR) is 87.1 cm³/mol. The molecule has 0 unspecified atom stereocenters. The lowest BCUT2D eigenvalue weighted by atomic mass is 10.1. The van der Waals surface area contributed by atoms with Crippen LogP contribution in [0.15, 0.2) is 47.1 Å². The number of ether oxygens (including phenoxy) is 1. The Hall–Kier alpha value is -2.76. The van der Waals surface area contributed by atoms with Crippen LogP contribution in [0.5, 0.6) is 5.75 Å². The molecule has 1 saturated heterocycles. The summed E-state index contributed by atoms with van der Waals surface area (Å²) in [7, 11) is 1.61. The fourth-order valence-corrected chi connectivity index (χ4v) is 2.86. The number of likely N-dealkylation sites (tertiary alicyclic amines) is 1. The van der Waals surface area contributed by atoms with Gasteiger partial charge in [0, 0.05) is 13.0 Å². The van der Waals surface area contributed by atoms with Gasteiger partial charge >= 0.3 is 0 Å². The third-order valence-electron chi connectivity index (χ3n) is 4.14. The lowest BCUT2D eigenvalue weighted by molar-refractivity contribution is -0.136. The van der Waals surface area contributed by atoms with Gasteiger partial charge in [-0.15, -0.1) is 0 Å². The predicted octanol–water partition coefficient (Wildman–Crippen LogP) is 2.10. The van der Waals surface area contributed by atoms with Gasteiger partial charge in [-0.25, -0.2) is 0 Å². The van der Waals surface area contributed by atoms with Gasteiger partial charge in [0.1, 0.15) is 17.6 Å². The molecule has 1 aliphatic heterocycles. The van der Waals surface area contributed by atoms with E-state index in [0.29, 0.717) is 31.7 Å². The zero-order valence-corrected chi connectivity index (χ0v) is 13.5. The molecule has 1 aliphatic rings. The summed E-state index contributed by atoms with van der Waals surface area (Å²) in [5.74, 6) is 1.26. The second-order valence-electron chi connectivity index (χ2n) is 5.72. The largest absolute Gasteiger partial charge is 0.497 e. The topological polar surface area (TPSA) is 71.8 Å². The highest BCUT2D eigenvalue weighted by Gasteiger charge is 2.36. The summed E-state index contributed by atoms with van der Waals surface area (Å²) >= 11 is 0. The summed E-state index contributed by atoms with van der Waals surface area (Å²) in [5, 5.41) is 2.90. The van der Waals surface area contributed by atoms with E-state index in [1.165, 1.54) is 0 Å². The van der Waals surface area contributed by atoms with Crippen molar-refractivity contribution in [3.05, 3.63) is 54.0 Å². The lowest BCUT2D eigenvalue weighted by Gasteiger charge is -2.23. The van der Waals surface area contributed by atoms with E-state index in [9.17, 15) is 9.59 Å². The molecule has 2 aromatic rings. The van der Waals surface area contributed by atoms with Crippen LogP contribution in [-0.2, 0) is 22.7 Å². The molecule has 0 saturated carbocycles. The minimum Gasteiger partial charge on any atom is -0.497 e. The Kier molecular flexibility index (Phi) is 4.84. The second-order valence-corrected chi connectivity index (χ2v) is 5.72. The normalized spacial score (nSPS) is 17.1. The smallest absolute Gasteiger partial charge is 0.243 e. The third-order valence-corrected chi connectivity index (χ3v) is 4.14. The molecule has 0 radical (unpaired) electrons. The molecule has 6 heteroatoms. The second kappa shape index (κ2) is 7.21. The number of nitrogens with one attached hydrogen (secondary N) is 1. The average Bonchev–Trinajstić information content (AvgIpc) is 3.24. The van der Waals surface area contributed by atoms with E-state index in [1.807, 2.05) is 24.3 Å². The zero-order chi connectivity index (χ0) is 16.9. The van der Waals surface area contributed by atoms with Crippen molar-refractivity contribution >= 4 is 11.8 Å². The van der Waals surface area contributed by atoms with E-state index < -0.39 is 6.04 Å². The number of carbonyl (C=O) groups is 2. The molecule has 1 atom stereocenters. The summed E-state index contributed by atoms with van der Waals surface area (Å²) < 4.78 is 10.5. The molecule has 3 rings (SSSR count). The third kappa shape index (κ3) is 3.59. The van der Waals surface area contributed by atoms with E-state index in [1.54, 1.807) is 30.4 Å². The number of rotatable bonds is 6. The fourth-order valence-electron chi connectivity index (χ4n) is 2.86. The van der Waals surface area contributed by atoms with Crippen LogP contribution >= 0.6 is 0 Å². The van der Waals surface area contributed by atoms with Crippen molar-refractivity contribution in [3.63, 3.8) is 0 Å². The van der Waals surface area contributed by atoms with Crippen molar-refractivity contribution in [1.29, 1.82) is 0 Å². The Morgan fingerprint density at radius 2 is 2.25 bits per heavy atom. The van der Waals surface area contributed by atoms with Crippen LogP contribution in [0.1, 0.15) is 24.2 Å². The number of methoxy groups -OCH3 is 1. The van der Waals surface area contributed by atoms with Crippen LogP contribution in [-0.4, -0.2) is 29.9 Å². The van der Waals surface area contributed by atoms with E-state index >= 15 is 0 Å². The van der Waals surface area contributed by atoms with Gasteiger partial charge in [-0.3, -0.25) is 9.59 Å². The van der Waals surface area contributed by atoms with Crippen LogP contribution in [0.3, 0.4) is 0 Å². The summed E-state index contributed by atoms with van der Waals surface area (Å²) in [4.78, 5) is 26.1. The monoisotopic (exact) mass is 328 g/mol. The van der Waals surface area contributed by atoms with Gasteiger partial charge in [0.25, 0.3) is 0 Å². The Morgan fingerprint density at radius 3 is 3.00 bits per heavy atom. The number of carbonyl (C=O) groups excluding carboxylic acids is 2. The SMILES string of the molecule is COc1cccc(CNC(=O)[C@H]2CCC(=O)N2Cc2ccco2)c1. The minimum absolute atomic E-state index is 0.0204. The van der Waals surface area contributed by atoms with E-state index in [0.717, 1.165) is 11.3 Å². The number of nitrogens with zero attached hydrogens (tertiary/aromatic N) is 1. The molecule has 126 valence electrons. The van der Waals surface area contributed by atoms with Crippen molar-refractivity contribution < 1.29 is 18.7 Å². The maximum Gasteiger partial charge on any atom is 0.243 e. The summed E-state index contributed by atoms with van der Waals surface area (Å²) in [5.41, 5.74) is 0.949. The van der Waals surface area contributed by atoms with Crippen LogP contribution in [0, 0.1) is 0 Å². The quantitative estimate of drug-likeness (QED) is 0.881. The van der Waals surface area contributed by atoms with Gasteiger partial charge in [-0.1, -0.05) is 12.1 Å². The number of hydrogen-bond donors (Lipinski definition) is 1. The lowest BCUT2D eigenvalue weighted by Crippen LogP contribution is -2.44. The molecule has 1 fully saturated rings. The van der Waals surface area contributed by atoms with Crippen molar-refractivity contribution in [2.24, 2.45) is 0 Å². The molecule has 0 bridgehead atoms. The molecule has 1 aromatic carbocycles. The van der Waals surface area contributed by atoms with Gasteiger partial charge in [-0.05, 0) is 36.2 Å². The molecule has 24 heavy (non-hydrogen) atoms. The summed E-state index contributed by atoms with van der Waals surface area (Å²) in [6.45, 7) is 0.721. The average molecular weight is 328 g/mol. The first kappa shape index (κ1) is 16.1. The first-order valence-electron chi connectivity index (χ1n) is 7.90. The van der Waals surface area contributed by atoms with Crippen LogP contribution in [0.4, 0.5) is 0 Å². The van der Waals surface area contributed by atoms with E-state index in [4.69, 9.17) is 9.15 Å². The first-order valence-corrected chi connectivity index (χ1v) is 7.90. The summed E-state index contributed by atoms with van der Waals surface area (Å²) in [6.07, 6.45) is 2.48. The molecule has 6 nitrogen and oxygen atoms in total. The number of hydrogen-bond acceptors (Lipinski definition) is 4. The van der Waals surface area contributed by atoms with E-state index in [-0.39, 0.29) is 11.8 Å². The van der Waals surface area contributed by atoms with Crippen LogP contribution in [0.25, 0.3) is 0 Å². The Bertz CT molecular complexity index is 712. The highest BCUT2D eigenvalue weighted by Crippen LogP contribution is 2.22. The van der Waals surface area contributed by atoms with Crippen LogP contribution < -0.4 is 10.1 Å². The molecule has 0 aliphatic carbocycles. The Morgan fingerprint density at radius 1 is 1.38 bits per heavy atom. The molecule has 2 amide bonds. The Balaban J connectivity index is 1.61. The molecular formula is C18H20N2O4. The first-order chi connectivity index (χ1) is 11.7. The molecular weight excluding hydrogens is 308 g/mol. The maximum absolute atomic E-state index is 12.5. The number of amides is 2. The Labute approximate surface area is 140 Å².